The minimum Gasteiger partial charge on any atom is -0.480 e. The third-order valence-corrected chi connectivity index (χ3v) is 9.03. The van der Waals surface area contributed by atoms with Crippen molar-refractivity contribution in [1.29, 1.82) is 0 Å². The second-order valence-corrected chi connectivity index (χ2v) is 12.0. The van der Waals surface area contributed by atoms with Crippen molar-refractivity contribution in [3.8, 4) is 0 Å². The molecule has 8 nitrogen and oxygen atoms in total. The molecule has 2 unspecified atom stereocenters. The first-order chi connectivity index (χ1) is 17.7. The molecule has 2 fully saturated rings. The molecule has 2 saturated heterocycles. The van der Waals surface area contributed by atoms with Crippen molar-refractivity contribution < 1.29 is 29.4 Å². The van der Waals surface area contributed by atoms with Crippen molar-refractivity contribution in [2.45, 2.75) is 90.1 Å². The van der Waals surface area contributed by atoms with Gasteiger partial charge in [0.1, 0.15) is 12.1 Å². The zero-order valence-corrected chi connectivity index (χ0v) is 22.9. The predicted octanol–water partition coefficient (Wildman–Crippen LogP) is 4.25. The number of carboxylic acid groups (broad SMARTS) is 2. The summed E-state index contributed by atoms with van der Waals surface area (Å²) in [6.07, 6.45) is 15.2. The van der Waals surface area contributed by atoms with Crippen molar-refractivity contribution in [2.75, 3.05) is 18.8 Å². The maximum atomic E-state index is 12.6. The van der Waals surface area contributed by atoms with E-state index in [0.717, 1.165) is 44.0 Å². The average molecular weight is 535 g/mol. The molecule has 0 spiro atoms. The normalized spacial score (nSPS) is 28.4. The van der Waals surface area contributed by atoms with Gasteiger partial charge in [-0.15, -0.1) is 0 Å². The fourth-order valence-electron chi connectivity index (χ4n) is 5.85. The fraction of sp³-hybridized carbons (Fsp3) is 0.714. The van der Waals surface area contributed by atoms with Crippen molar-refractivity contribution in [3.05, 3.63) is 23.3 Å². The van der Waals surface area contributed by atoms with Crippen LogP contribution in [0.1, 0.15) is 78.1 Å². The predicted molar refractivity (Wildman–Crippen MR) is 144 cm³/mol. The van der Waals surface area contributed by atoms with Gasteiger partial charge in [-0.05, 0) is 76.0 Å². The number of carbonyl (C=O) groups is 4. The number of nitrogens with one attached hydrogen (secondary N) is 1. The van der Waals surface area contributed by atoms with Gasteiger partial charge in [-0.3, -0.25) is 14.4 Å². The summed E-state index contributed by atoms with van der Waals surface area (Å²) in [6.45, 7) is 4.59. The topological polar surface area (TPSA) is 124 Å². The molecule has 1 amide bonds. The monoisotopic (exact) mass is 534 g/mol. The van der Waals surface area contributed by atoms with Crippen molar-refractivity contribution in [2.24, 2.45) is 17.8 Å². The molecule has 2 aliphatic carbocycles. The van der Waals surface area contributed by atoms with Crippen LogP contribution in [0.15, 0.2) is 23.3 Å². The number of hydrogen-bond donors (Lipinski definition) is 3. The zero-order chi connectivity index (χ0) is 26.9. The highest BCUT2D eigenvalue weighted by molar-refractivity contribution is 8.13. The fourth-order valence-corrected chi connectivity index (χ4v) is 6.48. The molecule has 0 aromatic carbocycles. The molecule has 5 atom stereocenters. The number of aliphatic carboxylic acids is 2. The maximum Gasteiger partial charge on any atom is 0.326 e. The van der Waals surface area contributed by atoms with Crippen LogP contribution in [0, 0.1) is 17.8 Å². The molecule has 37 heavy (non-hydrogen) atoms. The largest absolute Gasteiger partial charge is 0.480 e. The van der Waals surface area contributed by atoms with Gasteiger partial charge in [0.25, 0.3) is 0 Å². The second-order valence-electron chi connectivity index (χ2n) is 10.8. The summed E-state index contributed by atoms with van der Waals surface area (Å²) < 4.78 is 0. The average Bonchev–Trinajstić information content (AvgIpc) is 3.57. The number of carboxylic acids is 2. The SMILES string of the molecule is CC(=O)SCC(C)C(=O)N1C[C@@H](C2=CCCCC2)C[C@H]1C(=O)O.O=C(O)[C@@H]1CC(C2=CCCCC2)CN1. The Balaban J connectivity index is 0.000000231. The van der Waals surface area contributed by atoms with Gasteiger partial charge in [0.2, 0.25) is 5.91 Å². The molecule has 4 aliphatic rings. The van der Waals surface area contributed by atoms with Crippen LogP contribution in [0.2, 0.25) is 0 Å². The highest BCUT2D eigenvalue weighted by atomic mass is 32.2. The van der Waals surface area contributed by atoms with Gasteiger partial charge in [0, 0.05) is 31.7 Å². The van der Waals surface area contributed by atoms with Crippen LogP contribution in [-0.2, 0) is 19.2 Å². The van der Waals surface area contributed by atoms with Crippen LogP contribution in [0.5, 0.6) is 0 Å². The molecule has 0 radical (unpaired) electrons. The Morgan fingerprint density at radius 2 is 1.59 bits per heavy atom. The van der Waals surface area contributed by atoms with Gasteiger partial charge in [0.05, 0.1) is 0 Å². The first-order valence-electron chi connectivity index (χ1n) is 13.7. The van der Waals surface area contributed by atoms with Gasteiger partial charge in [-0.1, -0.05) is 42.0 Å². The van der Waals surface area contributed by atoms with E-state index >= 15 is 0 Å². The molecular weight excluding hydrogens is 492 g/mol. The molecule has 0 bridgehead atoms. The third-order valence-electron chi connectivity index (χ3n) is 7.96. The van der Waals surface area contributed by atoms with E-state index in [-0.39, 0.29) is 28.9 Å². The standard InChI is InChI=1S/C17H25NO4S.C11H17NO2/c1-11(10-23-12(2)19)16(20)18-9-14(8-15(18)17(21)22)13-6-4-3-5-7-13;13-11(14)10-6-9(7-12-10)8-4-2-1-3-5-8/h6,11,14-15H,3-5,7-10H2,1-2H3,(H,21,22);4,9-10,12H,1-3,5-7H2,(H,13,14)/t11?,14-,15-;9?,10-/m00/s1. The van der Waals surface area contributed by atoms with E-state index in [4.69, 9.17) is 5.11 Å². The lowest BCUT2D eigenvalue weighted by atomic mass is 9.88. The highest BCUT2D eigenvalue weighted by Crippen LogP contribution is 2.35. The van der Waals surface area contributed by atoms with Gasteiger partial charge < -0.3 is 20.4 Å². The van der Waals surface area contributed by atoms with E-state index in [0.29, 0.717) is 24.6 Å². The number of allylic oxidation sites excluding steroid dienone is 2. The summed E-state index contributed by atoms with van der Waals surface area (Å²) >= 11 is 1.12. The quantitative estimate of drug-likeness (QED) is 0.414. The summed E-state index contributed by atoms with van der Waals surface area (Å²) in [4.78, 5) is 47.5. The van der Waals surface area contributed by atoms with Crippen molar-refractivity contribution >= 4 is 34.7 Å². The molecule has 9 heteroatoms. The summed E-state index contributed by atoms with van der Waals surface area (Å²) in [5.74, 6) is -1.06. The van der Waals surface area contributed by atoms with Gasteiger partial charge in [-0.2, -0.15) is 0 Å². The minimum absolute atomic E-state index is 0.0221. The Bertz CT molecular complexity index is 916. The van der Waals surface area contributed by atoms with E-state index in [2.05, 4.69) is 17.5 Å². The van der Waals surface area contributed by atoms with E-state index in [9.17, 15) is 24.3 Å². The van der Waals surface area contributed by atoms with Crippen LogP contribution in [0.25, 0.3) is 0 Å². The first kappa shape index (κ1) is 29.4. The molecule has 0 aromatic rings. The molecule has 2 heterocycles. The molecule has 0 saturated carbocycles. The number of thioether (sulfide) groups is 1. The van der Waals surface area contributed by atoms with Gasteiger partial charge in [-0.25, -0.2) is 4.79 Å². The Morgan fingerprint density at radius 3 is 2.08 bits per heavy atom. The van der Waals surface area contributed by atoms with Crippen LogP contribution in [0.3, 0.4) is 0 Å². The lowest BCUT2D eigenvalue weighted by molar-refractivity contribution is -0.149. The lowest BCUT2D eigenvalue weighted by Crippen LogP contribution is -2.43. The smallest absolute Gasteiger partial charge is 0.326 e. The molecule has 0 aromatic heterocycles. The van der Waals surface area contributed by atoms with Crippen LogP contribution in [-0.4, -0.2) is 69.0 Å². The Morgan fingerprint density at radius 1 is 0.973 bits per heavy atom. The number of carbonyl (C=O) groups excluding carboxylic acids is 2. The second kappa shape index (κ2) is 14.1. The summed E-state index contributed by atoms with van der Waals surface area (Å²) in [7, 11) is 0. The first-order valence-corrected chi connectivity index (χ1v) is 14.7. The van der Waals surface area contributed by atoms with E-state index in [1.165, 1.54) is 55.1 Å². The third kappa shape index (κ3) is 8.43. The number of nitrogens with zero attached hydrogens (tertiary/aromatic N) is 1. The van der Waals surface area contributed by atoms with Crippen LogP contribution in [0.4, 0.5) is 0 Å². The van der Waals surface area contributed by atoms with E-state index in [1.54, 1.807) is 6.92 Å². The lowest BCUT2D eigenvalue weighted by Gasteiger charge is -2.25. The number of likely N-dealkylation sites (tertiary alicyclic amines) is 1. The molecule has 2 aliphatic heterocycles. The number of rotatable bonds is 7. The molecular formula is C28H42N2O6S. The minimum atomic E-state index is -0.927. The van der Waals surface area contributed by atoms with Crippen molar-refractivity contribution in [1.82, 2.24) is 10.2 Å². The number of hydrogen-bond acceptors (Lipinski definition) is 6. The summed E-state index contributed by atoms with van der Waals surface area (Å²) in [5.41, 5.74) is 2.82. The van der Waals surface area contributed by atoms with E-state index < -0.39 is 18.0 Å². The van der Waals surface area contributed by atoms with Gasteiger partial charge >= 0.3 is 11.9 Å². The molecule has 4 rings (SSSR count). The van der Waals surface area contributed by atoms with Crippen LogP contribution < -0.4 is 5.32 Å². The Hall–Kier alpha value is -2.13. The Labute approximate surface area is 224 Å². The highest BCUT2D eigenvalue weighted by Gasteiger charge is 2.42. The summed E-state index contributed by atoms with van der Waals surface area (Å²) in [5, 5.41) is 21.4. The molecule has 206 valence electrons. The van der Waals surface area contributed by atoms with E-state index in [1.807, 2.05) is 0 Å². The number of amides is 1. The summed E-state index contributed by atoms with van der Waals surface area (Å²) in [6, 6.07) is -1.05. The van der Waals surface area contributed by atoms with Crippen LogP contribution >= 0.6 is 11.8 Å². The van der Waals surface area contributed by atoms with Gasteiger partial charge in [0.15, 0.2) is 5.12 Å². The van der Waals surface area contributed by atoms with Crippen molar-refractivity contribution in [3.63, 3.8) is 0 Å². The molecule has 3 N–H and O–H groups in total. The maximum absolute atomic E-state index is 12.6. The zero-order valence-electron chi connectivity index (χ0n) is 22.1. The Kier molecular flexibility index (Phi) is 11.2.